The largest absolute Gasteiger partial charge is 0.456 e. The Balaban J connectivity index is 1.11. The molecule has 11 rings (SSSR count). The Bertz CT molecular complexity index is 3110. The number of nitrogens with zero attached hydrogens (tertiary/aromatic N) is 5. The summed E-state index contributed by atoms with van der Waals surface area (Å²) in [6.45, 7) is 0. The van der Waals surface area contributed by atoms with E-state index in [2.05, 4.69) is 88.8 Å². The summed E-state index contributed by atoms with van der Waals surface area (Å²) in [7, 11) is 0. The van der Waals surface area contributed by atoms with Crippen LogP contribution in [0.2, 0.25) is 0 Å². The Kier molecular flexibility index (Phi) is 7.35. The zero-order valence-corrected chi connectivity index (χ0v) is 29.8. The van der Waals surface area contributed by atoms with Gasteiger partial charge in [-0.2, -0.15) is 0 Å². The van der Waals surface area contributed by atoms with E-state index in [0.29, 0.717) is 17.5 Å². The molecule has 0 unspecified atom stereocenters. The van der Waals surface area contributed by atoms with E-state index in [1.165, 1.54) is 0 Å². The number of para-hydroxylation sites is 2. The second-order valence-corrected chi connectivity index (χ2v) is 13.8. The quantitative estimate of drug-likeness (QED) is 0.169. The summed E-state index contributed by atoms with van der Waals surface area (Å²) in [5, 5.41) is 4.28. The highest BCUT2D eigenvalue weighted by Crippen LogP contribution is 2.38. The molecule has 0 N–H and O–H groups in total. The van der Waals surface area contributed by atoms with Crippen molar-refractivity contribution in [2.24, 2.45) is 0 Å². The molecule has 0 radical (unpaired) electrons. The Morgan fingerprint density at radius 2 is 0.732 bits per heavy atom. The van der Waals surface area contributed by atoms with E-state index in [0.717, 1.165) is 93.9 Å². The van der Waals surface area contributed by atoms with E-state index in [1.807, 2.05) is 79.0 Å². The fourth-order valence-corrected chi connectivity index (χ4v) is 7.50. The lowest BCUT2D eigenvalue weighted by atomic mass is 9.94. The van der Waals surface area contributed by atoms with Gasteiger partial charge in [-0.3, -0.25) is 9.97 Å². The molecule has 7 heteroatoms. The molecule has 0 spiro atoms. The van der Waals surface area contributed by atoms with Gasteiger partial charge in [0.2, 0.25) is 0 Å². The van der Waals surface area contributed by atoms with Crippen LogP contribution in [0, 0.1) is 0 Å². The summed E-state index contributed by atoms with van der Waals surface area (Å²) >= 11 is 0. The molecule has 6 aromatic carbocycles. The third kappa shape index (κ3) is 5.58. The molecule has 0 aliphatic rings. The van der Waals surface area contributed by atoms with E-state index in [-0.39, 0.29) is 0 Å². The predicted molar refractivity (Wildman–Crippen MR) is 223 cm³/mol. The first-order valence-corrected chi connectivity index (χ1v) is 18.4. The van der Waals surface area contributed by atoms with Crippen molar-refractivity contribution in [1.82, 2.24) is 24.9 Å². The summed E-state index contributed by atoms with van der Waals surface area (Å²) < 4.78 is 12.4. The van der Waals surface area contributed by atoms with E-state index in [9.17, 15) is 0 Å². The minimum atomic E-state index is 0.541. The van der Waals surface area contributed by atoms with Gasteiger partial charge >= 0.3 is 0 Å². The highest BCUT2D eigenvalue weighted by atomic mass is 16.3. The van der Waals surface area contributed by atoms with Crippen LogP contribution in [0.15, 0.2) is 185 Å². The van der Waals surface area contributed by atoms with Gasteiger partial charge in [0.15, 0.2) is 17.5 Å². The van der Waals surface area contributed by atoms with Crippen LogP contribution < -0.4 is 0 Å². The lowest BCUT2D eigenvalue weighted by Gasteiger charge is -2.13. The molecule has 11 aromatic rings. The molecule has 0 fully saturated rings. The van der Waals surface area contributed by atoms with E-state index in [4.69, 9.17) is 23.8 Å². The average Bonchev–Trinajstić information content (AvgIpc) is 3.84. The third-order valence-electron chi connectivity index (χ3n) is 10.3. The molecule has 0 aliphatic heterocycles. The standard InChI is InChI=1S/C49H29N5O2/c1-3-11-43-39(9-1)41-26-32(17-19-45(41)55-43)36-23-37(33-18-20-46-42(27-33)40-10-2-4-12-44(40)56-46)25-38(24-36)49-53-47(52-48(54-49)35-8-6-22-51-29-35)31-15-13-30(14-16-31)34-7-5-21-50-28-34/h1-29H. The van der Waals surface area contributed by atoms with Crippen LogP contribution in [0.5, 0.6) is 0 Å². The summed E-state index contributed by atoms with van der Waals surface area (Å²) in [6.07, 6.45) is 7.17. The van der Waals surface area contributed by atoms with Crippen LogP contribution in [0.25, 0.3) is 111 Å². The molecule has 5 heterocycles. The zero-order valence-electron chi connectivity index (χ0n) is 29.8. The molecular formula is C49H29N5O2. The SMILES string of the molecule is c1cncc(-c2ccc(-c3nc(-c4cccnc4)nc(-c4cc(-c5ccc6oc7ccccc7c6c5)cc(-c5ccc6oc7ccccc7c6c5)c4)n3)cc2)c1. The maximum atomic E-state index is 6.20. The second kappa shape index (κ2) is 13.0. The highest BCUT2D eigenvalue weighted by molar-refractivity contribution is 6.07. The molecule has 7 nitrogen and oxygen atoms in total. The monoisotopic (exact) mass is 719 g/mol. The Hall–Kier alpha value is -7.77. The molecule has 56 heavy (non-hydrogen) atoms. The van der Waals surface area contributed by atoms with Crippen molar-refractivity contribution in [3.05, 3.63) is 176 Å². The number of aromatic nitrogens is 5. The van der Waals surface area contributed by atoms with Gasteiger partial charge in [-0.15, -0.1) is 0 Å². The van der Waals surface area contributed by atoms with Crippen LogP contribution in [0.4, 0.5) is 0 Å². The molecule has 0 atom stereocenters. The van der Waals surface area contributed by atoms with Gasteiger partial charge in [-0.25, -0.2) is 15.0 Å². The number of furan rings is 2. The van der Waals surface area contributed by atoms with Gasteiger partial charge in [0.05, 0.1) is 0 Å². The maximum absolute atomic E-state index is 6.20. The van der Waals surface area contributed by atoms with Crippen molar-refractivity contribution < 1.29 is 8.83 Å². The summed E-state index contributed by atoms with van der Waals surface area (Å²) in [4.78, 5) is 23.9. The fourth-order valence-electron chi connectivity index (χ4n) is 7.50. The molecule has 0 amide bonds. The lowest BCUT2D eigenvalue weighted by Crippen LogP contribution is -2.01. The smallest absolute Gasteiger partial charge is 0.165 e. The lowest BCUT2D eigenvalue weighted by molar-refractivity contribution is 0.668. The van der Waals surface area contributed by atoms with Gasteiger partial charge in [0.1, 0.15) is 22.3 Å². The average molecular weight is 720 g/mol. The maximum Gasteiger partial charge on any atom is 0.165 e. The Morgan fingerprint density at radius 3 is 1.29 bits per heavy atom. The summed E-state index contributed by atoms with van der Waals surface area (Å²) in [5.74, 6) is 1.66. The fraction of sp³-hybridized carbons (Fsp3) is 0. The first kappa shape index (κ1) is 31.7. The van der Waals surface area contributed by atoms with Crippen molar-refractivity contribution in [2.45, 2.75) is 0 Å². The molecule has 0 bridgehead atoms. The van der Waals surface area contributed by atoms with Crippen molar-refractivity contribution in [3.63, 3.8) is 0 Å². The summed E-state index contributed by atoms with van der Waals surface area (Å²) in [5.41, 5.74) is 12.2. The van der Waals surface area contributed by atoms with Gasteiger partial charge < -0.3 is 8.83 Å². The molecular weight excluding hydrogens is 691 g/mol. The van der Waals surface area contributed by atoms with E-state index < -0.39 is 0 Å². The van der Waals surface area contributed by atoms with Crippen LogP contribution in [-0.2, 0) is 0 Å². The molecule has 0 saturated carbocycles. The van der Waals surface area contributed by atoms with E-state index >= 15 is 0 Å². The number of rotatable bonds is 6. The van der Waals surface area contributed by atoms with Crippen molar-refractivity contribution >= 4 is 43.9 Å². The van der Waals surface area contributed by atoms with Crippen LogP contribution in [-0.4, -0.2) is 24.9 Å². The third-order valence-corrected chi connectivity index (χ3v) is 10.3. The number of pyridine rings is 2. The zero-order chi connectivity index (χ0) is 37.0. The molecule has 262 valence electrons. The van der Waals surface area contributed by atoms with Gasteiger partial charge in [-0.1, -0.05) is 78.9 Å². The van der Waals surface area contributed by atoms with Crippen molar-refractivity contribution in [3.8, 4) is 67.5 Å². The number of fused-ring (bicyclic) bond motifs is 6. The van der Waals surface area contributed by atoms with E-state index in [1.54, 1.807) is 18.6 Å². The van der Waals surface area contributed by atoms with Gasteiger partial charge in [0, 0.05) is 63.0 Å². The van der Waals surface area contributed by atoms with Gasteiger partial charge in [-0.05, 0) is 106 Å². The molecule has 0 saturated heterocycles. The minimum absolute atomic E-state index is 0.541. The van der Waals surface area contributed by atoms with Crippen molar-refractivity contribution in [2.75, 3.05) is 0 Å². The highest BCUT2D eigenvalue weighted by Gasteiger charge is 2.17. The van der Waals surface area contributed by atoms with Gasteiger partial charge in [0.25, 0.3) is 0 Å². The normalized spacial score (nSPS) is 11.6. The number of hydrogen-bond acceptors (Lipinski definition) is 7. The first-order chi connectivity index (χ1) is 27.7. The first-order valence-electron chi connectivity index (χ1n) is 18.4. The van der Waals surface area contributed by atoms with Crippen LogP contribution >= 0.6 is 0 Å². The van der Waals surface area contributed by atoms with Crippen LogP contribution in [0.3, 0.4) is 0 Å². The molecule has 0 aliphatic carbocycles. The Labute approximate surface area is 320 Å². The molecule has 5 aromatic heterocycles. The Morgan fingerprint density at radius 1 is 0.286 bits per heavy atom. The van der Waals surface area contributed by atoms with Crippen molar-refractivity contribution in [1.29, 1.82) is 0 Å². The number of hydrogen-bond donors (Lipinski definition) is 0. The van der Waals surface area contributed by atoms with Crippen LogP contribution in [0.1, 0.15) is 0 Å². The summed E-state index contributed by atoms with van der Waals surface area (Å²) in [6, 6.07) is 51.7. The second-order valence-electron chi connectivity index (χ2n) is 13.8. The number of benzene rings is 6. The topological polar surface area (TPSA) is 90.7 Å². The predicted octanol–water partition coefficient (Wildman–Crippen LogP) is 12.5. The minimum Gasteiger partial charge on any atom is -0.456 e.